The Bertz CT molecular complexity index is 146. The number of thiazole rings is 1. The molecule has 0 aromatic carbocycles. The minimum Gasteiger partial charge on any atom is -0.289 e. The maximum atomic E-state index is 5.34. The zero-order chi connectivity index (χ0) is 5.98. The molecule has 2 N–H and O–H groups in total. The Morgan fingerprint density at radius 3 is 2.88 bits per heavy atom. The number of aromatic nitrogens is 1. The maximum Gasteiger partial charge on any atom is 0.199 e. The fraction of sp³-hybridized carbons (Fsp3) is 0.250. The third-order valence-corrected chi connectivity index (χ3v) is 1.58. The van der Waals surface area contributed by atoms with Gasteiger partial charge in [0.25, 0.3) is 0 Å². The molecule has 0 fully saturated rings. The van der Waals surface area contributed by atoms with Crippen molar-refractivity contribution in [1.82, 2.24) is 4.98 Å². The first kappa shape index (κ1) is 5.53. The van der Waals surface area contributed by atoms with E-state index in [0.29, 0.717) is 0 Å². The molecule has 1 heterocycles. The summed E-state index contributed by atoms with van der Waals surface area (Å²) >= 11 is 1.52. The summed E-state index contributed by atoms with van der Waals surface area (Å²) in [7, 11) is 1.76. The summed E-state index contributed by atoms with van der Waals surface area (Å²) < 4.78 is 0. The second-order valence-corrected chi connectivity index (χ2v) is 2.30. The number of anilines is 1. The third kappa shape index (κ3) is 0.962. The monoisotopic (exact) mass is 129 g/mol. The second kappa shape index (κ2) is 2.11. The van der Waals surface area contributed by atoms with Crippen molar-refractivity contribution in [2.24, 2.45) is 5.84 Å². The molecule has 1 aromatic heterocycles. The molecule has 0 radical (unpaired) electrons. The molecule has 0 amide bonds. The molecule has 0 saturated heterocycles. The summed E-state index contributed by atoms with van der Waals surface area (Å²) in [5.74, 6) is 5.34. The summed E-state index contributed by atoms with van der Waals surface area (Å²) in [5, 5.41) is 4.22. The van der Waals surface area contributed by atoms with Crippen molar-refractivity contribution in [3.63, 3.8) is 0 Å². The molecule has 0 aliphatic carbocycles. The number of nitrogens with zero attached hydrogens (tertiary/aromatic N) is 2. The van der Waals surface area contributed by atoms with Gasteiger partial charge < -0.3 is 0 Å². The number of nitrogens with two attached hydrogens (primary N) is 1. The van der Waals surface area contributed by atoms with E-state index in [9.17, 15) is 0 Å². The topological polar surface area (TPSA) is 42.1 Å². The Morgan fingerprint density at radius 2 is 2.62 bits per heavy atom. The average Bonchev–Trinajstić information content (AvgIpc) is 2.12. The summed E-state index contributed by atoms with van der Waals surface area (Å²) in [6.45, 7) is 0. The molecule has 0 spiro atoms. The van der Waals surface area contributed by atoms with Crippen molar-refractivity contribution >= 4 is 16.5 Å². The molecule has 0 bridgehead atoms. The van der Waals surface area contributed by atoms with Gasteiger partial charge in [-0.15, -0.1) is 11.3 Å². The lowest BCUT2D eigenvalue weighted by Gasteiger charge is -2.04. The molecule has 0 aliphatic heterocycles. The van der Waals surface area contributed by atoms with Gasteiger partial charge in [-0.05, 0) is 0 Å². The van der Waals surface area contributed by atoms with E-state index in [0.717, 1.165) is 5.13 Å². The van der Waals surface area contributed by atoms with Gasteiger partial charge in [-0.2, -0.15) is 0 Å². The Kier molecular flexibility index (Phi) is 1.45. The molecule has 8 heavy (non-hydrogen) atoms. The molecular weight excluding hydrogens is 122 g/mol. The van der Waals surface area contributed by atoms with Crippen molar-refractivity contribution < 1.29 is 0 Å². The molecule has 0 saturated carbocycles. The largest absolute Gasteiger partial charge is 0.289 e. The predicted molar refractivity (Wildman–Crippen MR) is 34.7 cm³/mol. The lowest BCUT2D eigenvalue weighted by atomic mass is 11.0. The number of hydrogen-bond donors (Lipinski definition) is 1. The zero-order valence-electron chi connectivity index (χ0n) is 4.53. The minimum atomic E-state index is 0.838. The van der Waals surface area contributed by atoms with Crippen LogP contribution in [0.3, 0.4) is 0 Å². The van der Waals surface area contributed by atoms with Crippen molar-refractivity contribution in [2.75, 3.05) is 12.1 Å². The fourth-order valence-corrected chi connectivity index (χ4v) is 0.922. The van der Waals surface area contributed by atoms with Gasteiger partial charge in [0.15, 0.2) is 5.13 Å². The molecule has 0 aliphatic rings. The van der Waals surface area contributed by atoms with Crippen molar-refractivity contribution in [3.05, 3.63) is 11.6 Å². The van der Waals surface area contributed by atoms with Crippen LogP contribution >= 0.6 is 11.3 Å². The quantitative estimate of drug-likeness (QED) is 0.442. The molecule has 44 valence electrons. The normalized spacial score (nSPS) is 9.25. The highest BCUT2D eigenvalue weighted by Crippen LogP contribution is 2.11. The number of rotatable bonds is 1. The van der Waals surface area contributed by atoms with E-state index in [4.69, 9.17) is 5.84 Å². The van der Waals surface area contributed by atoms with Crippen LogP contribution in [0.1, 0.15) is 0 Å². The van der Waals surface area contributed by atoms with Crippen LogP contribution in [0.5, 0.6) is 0 Å². The van der Waals surface area contributed by atoms with E-state index < -0.39 is 0 Å². The van der Waals surface area contributed by atoms with Gasteiger partial charge in [0.05, 0.1) is 0 Å². The molecule has 0 atom stereocenters. The van der Waals surface area contributed by atoms with Crippen molar-refractivity contribution in [3.8, 4) is 0 Å². The highest BCUT2D eigenvalue weighted by atomic mass is 32.1. The number of hydrazine groups is 1. The van der Waals surface area contributed by atoms with Gasteiger partial charge in [0.2, 0.25) is 0 Å². The third-order valence-electron chi connectivity index (χ3n) is 0.721. The van der Waals surface area contributed by atoms with Gasteiger partial charge in [-0.25, -0.2) is 10.8 Å². The second-order valence-electron chi connectivity index (χ2n) is 1.43. The minimum absolute atomic E-state index is 0.838. The van der Waals surface area contributed by atoms with Crippen LogP contribution in [-0.4, -0.2) is 12.0 Å². The maximum absolute atomic E-state index is 5.34. The Labute approximate surface area is 51.7 Å². The first-order chi connectivity index (χ1) is 3.80. The molecule has 4 heteroatoms. The van der Waals surface area contributed by atoms with Crippen LogP contribution < -0.4 is 10.9 Å². The van der Waals surface area contributed by atoms with Gasteiger partial charge in [0.1, 0.15) is 0 Å². The molecule has 1 rings (SSSR count). The lowest BCUT2D eigenvalue weighted by molar-refractivity contribution is 1.00. The van der Waals surface area contributed by atoms with E-state index in [2.05, 4.69) is 4.98 Å². The summed E-state index contributed by atoms with van der Waals surface area (Å²) in [6.07, 6.45) is 1.73. The highest BCUT2D eigenvalue weighted by Gasteiger charge is 1.93. The van der Waals surface area contributed by atoms with Crippen LogP contribution in [0, 0.1) is 0 Å². The summed E-state index contributed by atoms with van der Waals surface area (Å²) in [6, 6.07) is 0. The van der Waals surface area contributed by atoms with Crippen LogP contribution in [0.15, 0.2) is 11.6 Å². The van der Waals surface area contributed by atoms with E-state index in [1.54, 1.807) is 13.2 Å². The first-order valence-corrected chi connectivity index (χ1v) is 3.06. The first-order valence-electron chi connectivity index (χ1n) is 2.18. The lowest BCUT2D eigenvalue weighted by Crippen LogP contribution is -2.24. The van der Waals surface area contributed by atoms with Gasteiger partial charge in [0, 0.05) is 18.6 Å². The van der Waals surface area contributed by atoms with E-state index in [1.807, 2.05) is 5.38 Å². The zero-order valence-corrected chi connectivity index (χ0v) is 5.35. The average molecular weight is 129 g/mol. The molecule has 1 aromatic rings. The van der Waals surface area contributed by atoms with Crippen molar-refractivity contribution in [2.45, 2.75) is 0 Å². The van der Waals surface area contributed by atoms with Crippen LogP contribution in [-0.2, 0) is 0 Å². The van der Waals surface area contributed by atoms with E-state index in [-0.39, 0.29) is 0 Å². The Hall–Kier alpha value is -0.610. The van der Waals surface area contributed by atoms with Crippen LogP contribution in [0.2, 0.25) is 0 Å². The molecular formula is C4H7N3S. The SMILES string of the molecule is CN(N)c1nccs1. The van der Waals surface area contributed by atoms with E-state index >= 15 is 0 Å². The predicted octanol–water partition coefficient (Wildman–Crippen LogP) is 0.453. The Balaban J connectivity index is 2.77. The van der Waals surface area contributed by atoms with Gasteiger partial charge >= 0.3 is 0 Å². The fourth-order valence-electron chi connectivity index (χ4n) is 0.390. The molecule has 0 unspecified atom stereocenters. The van der Waals surface area contributed by atoms with Gasteiger partial charge in [-0.3, -0.25) is 5.01 Å². The summed E-state index contributed by atoms with van der Waals surface area (Å²) in [5.41, 5.74) is 0. The van der Waals surface area contributed by atoms with Gasteiger partial charge in [-0.1, -0.05) is 0 Å². The summed E-state index contributed by atoms with van der Waals surface area (Å²) in [4.78, 5) is 3.94. The van der Waals surface area contributed by atoms with E-state index in [1.165, 1.54) is 16.3 Å². The van der Waals surface area contributed by atoms with Crippen molar-refractivity contribution in [1.29, 1.82) is 0 Å². The number of hydrogen-bond acceptors (Lipinski definition) is 4. The highest BCUT2D eigenvalue weighted by molar-refractivity contribution is 7.13. The molecule has 3 nitrogen and oxygen atoms in total. The van der Waals surface area contributed by atoms with Crippen LogP contribution in [0.25, 0.3) is 0 Å². The smallest absolute Gasteiger partial charge is 0.199 e. The Morgan fingerprint density at radius 1 is 1.88 bits per heavy atom. The standard InChI is InChI=1S/C4H7N3S/c1-7(5)4-6-2-3-8-4/h2-3H,5H2,1H3. The van der Waals surface area contributed by atoms with Crippen LogP contribution in [0.4, 0.5) is 5.13 Å².